The van der Waals surface area contributed by atoms with E-state index in [0.717, 1.165) is 25.0 Å². The van der Waals surface area contributed by atoms with Crippen molar-refractivity contribution in [1.29, 1.82) is 0 Å². The summed E-state index contributed by atoms with van der Waals surface area (Å²) in [6.07, 6.45) is 2.88. The molecular formula is C14H20N4O3S. The SMILES string of the molecule is Cc1nnc(-c2c(C)[nH]c(C)c2S(=O)(=O)N2CCCCC2)o1. The fraction of sp³-hybridized carbons (Fsp3) is 0.571. The van der Waals surface area contributed by atoms with E-state index in [2.05, 4.69) is 15.2 Å². The Kier molecular flexibility index (Phi) is 3.82. The molecule has 1 N–H and O–H groups in total. The lowest BCUT2D eigenvalue weighted by Gasteiger charge is -2.26. The molecule has 1 aliphatic heterocycles. The van der Waals surface area contributed by atoms with Gasteiger partial charge in [-0.3, -0.25) is 0 Å². The third-order valence-corrected chi connectivity index (χ3v) is 6.04. The second-order valence-corrected chi connectivity index (χ2v) is 7.54. The fourth-order valence-corrected chi connectivity index (χ4v) is 4.90. The third-order valence-electron chi connectivity index (χ3n) is 3.97. The third kappa shape index (κ3) is 2.46. The second kappa shape index (κ2) is 5.51. The molecule has 2 aromatic rings. The van der Waals surface area contributed by atoms with Crippen molar-refractivity contribution < 1.29 is 12.8 Å². The molecule has 0 saturated carbocycles. The molecule has 0 bridgehead atoms. The monoisotopic (exact) mass is 324 g/mol. The van der Waals surface area contributed by atoms with E-state index in [1.807, 2.05) is 6.92 Å². The van der Waals surface area contributed by atoms with E-state index in [1.165, 1.54) is 0 Å². The van der Waals surface area contributed by atoms with E-state index < -0.39 is 10.0 Å². The molecule has 1 aliphatic rings. The summed E-state index contributed by atoms with van der Waals surface area (Å²) in [6, 6.07) is 0. The Morgan fingerprint density at radius 3 is 2.32 bits per heavy atom. The molecule has 0 aliphatic carbocycles. The van der Waals surface area contributed by atoms with Crippen LogP contribution in [0.25, 0.3) is 11.5 Å². The molecule has 0 unspecified atom stereocenters. The summed E-state index contributed by atoms with van der Waals surface area (Å²) in [6.45, 7) is 6.39. The lowest BCUT2D eigenvalue weighted by atomic mass is 10.2. The van der Waals surface area contributed by atoms with Crippen LogP contribution in [-0.2, 0) is 10.0 Å². The van der Waals surface area contributed by atoms with Crippen LogP contribution in [0.4, 0.5) is 0 Å². The average Bonchev–Trinajstić information content (AvgIpc) is 3.03. The topological polar surface area (TPSA) is 92.1 Å². The lowest BCUT2D eigenvalue weighted by Crippen LogP contribution is -2.36. The van der Waals surface area contributed by atoms with E-state index in [1.54, 1.807) is 18.2 Å². The van der Waals surface area contributed by atoms with Gasteiger partial charge in [-0.1, -0.05) is 6.42 Å². The Labute approximate surface area is 129 Å². The zero-order valence-corrected chi connectivity index (χ0v) is 13.8. The molecule has 3 heterocycles. The van der Waals surface area contributed by atoms with Crippen LogP contribution in [-0.4, -0.2) is 41.0 Å². The Hall–Kier alpha value is -1.67. The number of aromatic amines is 1. The number of rotatable bonds is 3. The van der Waals surface area contributed by atoms with Gasteiger partial charge in [0.15, 0.2) is 0 Å². The van der Waals surface area contributed by atoms with E-state index in [-0.39, 0.29) is 10.8 Å². The highest BCUT2D eigenvalue weighted by Crippen LogP contribution is 2.35. The lowest BCUT2D eigenvalue weighted by molar-refractivity contribution is 0.346. The summed E-state index contributed by atoms with van der Waals surface area (Å²) in [5.41, 5.74) is 1.81. The van der Waals surface area contributed by atoms with Gasteiger partial charge < -0.3 is 9.40 Å². The maximum Gasteiger partial charge on any atom is 0.250 e. The molecule has 0 amide bonds. The van der Waals surface area contributed by atoms with E-state index in [9.17, 15) is 8.42 Å². The van der Waals surface area contributed by atoms with Crippen LogP contribution in [0.1, 0.15) is 36.5 Å². The minimum atomic E-state index is -3.57. The average molecular weight is 324 g/mol. The molecule has 8 heteroatoms. The first kappa shape index (κ1) is 15.2. The van der Waals surface area contributed by atoms with E-state index in [4.69, 9.17) is 4.42 Å². The largest absolute Gasteiger partial charge is 0.421 e. The Morgan fingerprint density at radius 2 is 1.73 bits per heavy atom. The zero-order valence-electron chi connectivity index (χ0n) is 13.0. The van der Waals surface area contributed by atoms with Gasteiger partial charge in [0.25, 0.3) is 5.89 Å². The standard InChI is InChI=1S/C14H20N4O3S/c1-9-12(14-17-16-11(3)21-14)13(10(2)15-9)22(19,20)18-7-5-4-6-8-18/h15H,4-8H2,1-3H3. The second-order valence-electron chi connectivity index (χ2n) is 5.67. The van der Waals surface area contributed by atoms with Gasteiger partial charge in [0, 0.05) is 31.4 Å². The normalized spacial score (nSPS) is 17.0. The number of nitrogens with zero attached hydrogens (tertiary/aromatic N) is 3. The number of H-pyrrole nitrogens is 1. The predicted molar refractivity (Wildman–Crippen MR) is 80.9 cm³/mol. The number of nitrogens with one attached hydrogen (secondary N) is 1. The highest BCUT2D eigenvalue weighted by molar-refractivity contribution is 7.89. The molecule has 1 saturated heterocycles. The fourth-order valence-electron chi connectivity index (χ4n) is 2.97. The molecule has 0 radical (unpaired) electrons. The van der Waals surface area contributed by atoms with Crippen molar-refractivity contribution in [2.24, 2.45) is 0 Å². The van der Waals surface area contributed by atoms with Crippen LogP contribution >= 0.6 is 0 Å². The minimum absolute atomic E-state index is 0.245. The Bertz CT molecular complexity index is 785. The van der Waals surface area contributed by atoms with E-state index >= 15 is 0 Å². The molecule has 1 fully saturated rings. The van der Waals surface area contributed by atoms with Crippen molar-refractivity contribution in [3.8, 4) is 11.5 Å². The molecule has 2 aromatic heterocycles. The first-order valence-corrected chi connectivity index (χ1v) is 8.85. The first-order chi connectivity index (χ1) is 10.4. The highest BCUT2D eigenvalue weighted by atomic mass is 32.2. The zero-order chi connectivity index (χ0) is 15.9. The number of aryl methyl sites for hydroxylation is 3. The summed E-state index contributed by atoms with van der Waals surface area (Å²) >= 11 is 0. The van der Waals surface area contributed by atoms with Crippen molar-refractivity contribution in [3.05, 3.63) is 17.3 Å². The first-order valence-electron chi connectivity index (χ1n) is 7.41. The van der Waals surface area contributed by atoms with Crippen molar-refractivity contribution in [3.63, 3.8) is 0 Å². The molecular weight excluding hydrogens is 304 g/mol. The summed E-state index contributed by atoms with van der Waals surface area (Å²) in [5, 5.41) is 7.80. The number of hydrogen-bond donors (Lipinski definition) is 1. The number of aromatic nitrogens is 3. The molecule has 0 atom stereocenters. The van der Waals surface area contributed by atoms with Gasteiger partial charge in [-0.25, -0.2) is 8.42 Å². The van der Waals surface area contributed by atoms with Crippen LogP contribution in [0.15, 0.2) is 9.31 Å². The molecule has 0 spiro atoms. The summed E-state index contributed by atoms with van der Waals surface area (Å²) in [5.74, 6) is 0.657. The summed E-state index contributed by atoms with van der Waals surface area (Å²) in [4.78, 5) is 3.36. The van der Waals surface area contributed by atoms with Crippen LogP contribution in [0.5, 0.6) is 0 Å². The van der Waals surface area contributed by atoms with Crippen molar-refractivity contribution >= 4 is 10.0 Å². The van der Waals surface area contributed by atoms with Gasteiger partial charge >= 0.3 is 0 Å². The van der Waals surface area contributed by atoms with E-state index in [0.29, 0.717) is 30.2 Å². The number of piperidine rings is 1. The maximum atomic E-state index is 13.0. The van der Waals surface area contributed by atoms with Crippen LogP contribution in [0, 0.1) is 20.8 Å². The molecule has 120 valence electrons. The van der Waals surface area contributed by atoms with Crippen LogP contribution in [0.2, 0.25) is 0 Å². The highest BCUT2D eigenvalue weighted by Gasteiger charge is 2.34. The predicted octanol–water partition coefficient (Wildman–Crippen LogP) is 2.16. The van der Waals surface area contributed by atoms with Crippen LogP contribution in [0.3, 0.4) is 0 Å². The van der Waals surface area contributed by atoms with Crippen molar-refractivity contribution in [1.82, 2.24) is 19.5 Å². The van der Waals surface area contributed by atoms with Crippen molar-refractivity contribution in [2.75, 3.05) is 13.1 Å². The molecule has 22 heavy (non-hydrogen) atoms. The van der Waals surface area contributed by atoms with Gasteiger partial charge in [0.1, 0.15) is 4.90 Å². The Balaban J connectivity index is 2.14. The van der Waals surface area contributed by atoms with Gasteiger partial charge in [0.05, 0.1) is 5.56 Å². The van der Waals surface area contributed by atoms with Crippen molar-refractivity contribution in [2.45, 2.75) is 44.9 Å². The quantitative estimate of drug-likeness (QED) is 0.934. The van der Waals surface area contributed by atoms with Gasteiger partial charge in [-0.2, -0.15) is 4.31 Å². The summed E-state index contributed by atoms with van der Waals surface area (Å²) in [7, 11) is -3.57. The summed E-state index contributed by atoms with van der Waals surface area (Å²) < 4.78 is 33.1. The maximum absolute atomic E-state index is 13.0. The van der Waals surface area contributed by atoms with Crippen LogP contribution < -0.4 is 0 Å². The molecule has 0 aromatic carbocycles. The van der Waals surface area contributed by atoms with Gasteiger partial charge in [0.2, 0.25) is 15.9 Å². The molecule has 7 nitrogen and oxygen atoms in total. The number of sulfonamides is 1. The molecule has 3 rings (SSSR count). The number of hydrogen-bond acceptors (Lipinski definition) is 5. The Morgan fingerprint density at radius 1 is 1.05 bits per heavy atom. The minimum Gasteiger partial charge on any atom is -0.421 e. The van der Waals surface area contributed by atoms with Gasteiger partial charge in [-0.15, -0.1) is 10.2 Å². The van der Waals surface area contributed by atoms with Gasteiger partial charge in [-0.05, 0) is 26.7 Å². The smallest absolute Gasteiger partial charge is 0.250 e.